The summed E-state index contributed by atoms with van der Waals surface area (Å²) in [6, 6.07) is 0. The molecule has 0 unspecified atom stereocenters. The lowest BCUT2D eigenvalue weighted by Crippen LogP contribution is -2.43. The molecule has 0 bridgehead atoms. The standard InChI is InChI=1S/C13H20N2O4S2/c1-13(2,3)15-21(18,19)14-11-10(12(16)17)8-6-4-5-7-9(8)20-11/h14-15H,4-7H2,1-3H3,(H,16,17). The second kappa shape index (κ2) is 5.58. The summed E-state index contributed by atoms with van der Waals surface area (Å²) in [6.07, 6.45) is 3.46. The Labute approximate surface area is 128 Å². The Morgan fingerprint density at radius 2 is 1.86 bits per heavy atom. The van der Waals surface area contributed by atoms with Gasteiger partial charge in [-0.05, 0) is 52.0 Å². The average molecular weight is 332 g/mol. The van der Waals surface area contributed by atoms with Gasteiger partial charge >= 0.3 is 5.97 Å². The highest BCUT2D eigenvalue weighted by atomic mass is 32.2. The van der Waals surface area contributed by atoms with Crippen LogP contribution in [0.3, 0.4) is 0 Å². The summed E-state index contributed by atoms with van der Waals surface area (Å²) in [5.74, 6) is -1.08. The van der Waals surface area contributed by atoms with Crippen molar-refractivity contribution in [1.82, 2.24) is 4.72 Å². The first-order chi connectivity index (χ1) is 9.59. The van der Waals surface area contributed by atoms with E-state index in [2.05, 4.69) is 9.44 Å². The lowest BCUT2D eigenvalue weighted by molar-refractivity contribution is 0.0697. The van der Waals surface area contributed by atoms with Crippen LogP contribution in [0.15, 0.2) is 0 Å². The third-order valence-electron chi connectivity index (χ3n) is 3.05. The molecule has 0 saturated heterocycles. The lowest BCUT2D eigenvalue weighted by Gasteiger charge is -2.20. The van der Waals surface area contributed by atoms with Gasteiger partial charge < -0.3 is 5.11 Å². The Kier molecular flexibility index (Phi) is 4.32. The molecule has 6 nitrogen and oxygen atoms in total. The molecule has 0 amide bonds. The zero-order valence-corrected chi connectivity index (χ0v) is 13.9. The molecule has 0 radical (unpaired) electrons. The predicted molar refractivity (Wildman–Crippen MR) is 83.4 cm³/mol. The van der Waals surface area contributed by atoms with Gasteiger partial charge in [0.25, 0.3) is 10.2 Å². The minimum atomic E-state index is -3.80. The van der Waals surface area contributed by atoms with Gasteiger partial charge in [0.15, 0.2) is 0 Å². The van der Waals surface area contributed by atoms with Crippen LogP contribution in [0, 0.1) is 0 Å². The fraction of sp³-hybridized carbons (Fsp3) is 0.615. The average Bonchev–Trinajstić information content (AvgIpc) is 2.61. The maximum atomic E-state index is 12.1. The highest BCUT2D eigenvalue weighted by molar-refractivity contribution is 7.91. The zero-order chi connectivity index (χ0) is 15.8. The van der Waals surface area contributed by atoms with Gasteiger partial charge in [-0.25, -0.2) is 4.79 Å². The van der Waals surface area contributed by atoms with Crippen LogP contribution in [0.5, 0.6) is 0 Å². The summed E-state index contributed by atoms with van der Waals surface area (Å²) >= 11 is 1.23. The smallest absolute Gasteiger partial charge is 0.339 e. The van der Waals surface area contributed by atoms with Gasteiger partial charge in [-0.3, -0.25) is 4.72 Å². The quantitative estimate of drug-likeness (QED) is 0.789. The number of fused-ring (bicyclic) bond motifs is 1. The van der Waals surface area contributed by atoms with Crippen molar-refractivity contribution in [1.29, 1.82) is 0 Å². The molecule has 21 heavy (non-hydrogen) atoms. The topological polar surface area (TPSA) is 95.5 Å². The molecule has 0 atom stereocenters. The molecule has 0 aliphatic heterocycles. The highest BCUT2D eigenvalue weighted by Gasteiger charge is 2.28. The van der Waals surface area contributed by atoms with E-state index in [0.717, 1.165) is 29.7 Å². The fourth-order valence-electron chi connectivity index (χ4n) is 2.41. The Bertz CT molecular complexity index is 656. The molecule has 1 aromatic rings. The third-order valence-corrected chi connectivity index (χ3v) is 5.74. The fourth-order valence-corrected chi connectivity index (χ4v) is 5.25. The number of carboxylic acids is 1. The van der Waals surface area contributed by atoms with Crippen LogP contribution in [0.25, 0.3) is 0 Å². The van der Waals surface area contributed by atoms with E-state index in [-0.39, 0.29) is 10.6 Å². The van der Waals surface area contributed by atoms with Crippen molar-refractivity contribution in [2.24, 2.45) is 0 Å². The van der Waals surface area contributed by atoms with Gasteiger partial charge in [0.1, 0.15) is 5.00 Å². The number of hydrogen-bond donors (Lipinski definition) is 3. The van der Waals surface area contributed by atoms with Gasteiger partial charge in [-0.2, -0.15) is 13.1 Å². The van der Waals surface area contributed by atoms with Crippen molar-refractivity contribution >= 4 is 32.5 Å². The summed E-state index contributed by atoms with van der Waals surface area (Å²) in [5, 5.41) is 9.59. The van der Waals surface area contributed by atoms with E-state index in [4.69, 9.17) is 0 Å². The minimum Gasteiger partial charge on any atom is -0.478 e. The summed E-state index contributed by atoms with van der Waals surface area (Å²) in [4.78, 5) is 12.5. The monoisotopic (exact) mass is 332 g/mol. The minimum absolute atomic E-state index is 0.106. The SMILES string of the molecule is CC(C)(C)NS(=O)(=O)Nc1sc2c(c1C(=O)O)CCCC2. The number of thiophene rings is 1. The molecule has 1 aromatic heterocycles. The molecule has 8 heteroatoms. The normalized spacial score (nSPS) is 15.6. The zero-order valence-electron chi connectivity index (χ0n) is 12.3. The maximum absolute atomic E-state index is 12.1. The summed E-state index contributed by atoms with van der Waals surface area (Å²) in [7, 11) is -3.80. The van der Waals surface area contributed by atoms with Gasteiger partial charge in [-0.1, -0.05) is 0 Å². The number of nitrogens with one attached hydrogen (secondary N) is 2. The van der Waals surface area contributed by atoms with E-state index in [0.29, 0.717) is 6.42 Å². The van der Waals surface area contributed by atoms with Crippen LogP contribution in [0.4, 0.5) is 5.00 Å². The van der Waals surface area contributed by atoms with Gasteiger partial charge in [0.2, 0.25) is 0 Å². The molecular weight excluding hydrogens is 312 g/mol. The van der Waals surface area contributed by atoms with E-state index in [1.165, 1.54) is 11.3 Å². The van der Waals surface area contributed by atoms with Crippen LogP contribution in [0.2, 0.25) is 0 Å². The highest BCUT2D eigenvalue weighted by Crippen LogP contribution is 2.38. The van der Waals surface area contributed by atoms with Crippen LogP contribution < -0.4 is 9.44 Å². The Morgan fingerprint density at radius 1 is 1.24 bits per heavy atom. The Morgan fingerprint density at radius 3 is 2.43 bits per heavy atom. The van der Waals surface area contributed by atoms with Gasteiger partial charge in [0.05, 0.1) is 5.56 Å². The van der Waals surface area contributed by atoms with E-state index >= 15 is 0 Å². The number of carboxylic acid groups (broad SMARTS) is 1. The second-order valence-corrected chi connectivity index (χ2v) is 8.70. The van der Waals surface area contributed by atoms with Crippen molar-refractivity contribution in [2.45, 2.75) is 52.0 Å². The molecule has 0 saturated carbocycles. The molecule has 1 aliphatic carbocycles. The molecule has 0 spiro atoms. The van der Waals surface area contributed by atoms with E-state index in [1.807, 2.05) is 0 Å². The van der Waals surface area contributed by atoms with Crippen molar-refractivity contribution < 1.29 is 18.3 Å². The summed E-state index contributed by atoms with van der Waals surface area (Å²) in [5.41, 5.74) is 0.257. The van der Waals surface area contributed by atoms with E-state index in [9.17, 15) is 18.3 Å². The molecule has 0 fully saturated rings. The van der Waals surface area contributed by atoms with Crippen LogP contribution in [-0.4, -0.2) is 25.0 Å². The number of aryl methyl sites for hydroxylation is 1. The van der Waals surface area contributed by atoms with E-state index < -0.39 is 21.7 Å². The Balaban J connectivity index is 2.36. The predicted octanol–water partition coefficient (Wildman–Crippen LogP) is 2.37. The van der Waals surface area contributed by atoms with Crippen LogP contribution in [0.1, 0.15) is 54.4 Å². The molecule has 3 N–H and O–H groups in total. The number of carbonyl (C=O) groups is 1. The largest absolute Gasteiger partial charge is 0.478 e. The van der Waals surface area contributed by atoms with Gasteiger partial charge in [-0.15, -0.1) is 11.3 Å². The molecule has 2 rings (SSSR count). The molecule has 0 aromatic carbocycles. The van der Waals surface area contributed by atoms with E-state index in [1.54, 1.807) is 20.8 Å². The van der Waals surface area contributed by atoms with Crippen LogP contribution in [-0.2, 0) is 23.1 Å². The number of aromatic carboxylic acids is 1. The van der Waals surface area contributed by atoms with Crippen molar-refractivity contribution in [3.05, 3.63) is 16.0 Å². The Hall–Kier alpha value is -1.12. The van der Waals surface area contributed by atoms with Crippen LogP contribution >= 0.6 is 11.3 Å². The lowest BCUT2D eigenvalue weighted by atomic mass is 9.96. The van der Waals surface area contributed by atoms with Gasteiger partial charge in [0, 0.05) is 10.4 Å². The first kappa shape index (κ1) is 16.3. The molecule has 1 heterocycles. The summed E-state index contributed by atoms with van der Waals surface area (Å²) < 4.78 is 29.0. The first-order valence-electron chi connectivity index (χ1n) is 6.78. The molecular formula is C13H20N2O4S2. The maximum Gasteiger partial charge on any atom is 0.339 e. The number of anilines is 1. The number of hydrogen-bond acceptors (Lipinski definition) is 4. The van der Waals surface area contributed by atoms with Crippen molar-refractivity contribution in [2.75, 3.05) is 4.72 Å². The molecule has 118 valence electrons. The molecule has 1 aliphatic rings. The third kappa shape index (κ3) is 3.96. The second-order valence-electron chi connectivity index (χ2n) is 6.18. The summed E-state index contributed by atoms with van der Waals surface area (Å²) in [6.45, 7) is 5.18. The number of rotatable bonds is 4. The van der Waals surface area contributed by atoms with Crippen molar-refractivity contribution in [3.63, 3.8) is 0 Å². The van der Waals surface area contributed by atoms with Crippen molar-refractivity contribution in [3.8, 4) is 0 Å². The first-order valence-corrected chi connectivity index (χ1v) is 9.08.